The summed E-state index contributed by atoms with van der Waals surface area (Å²) in [7, 11) is 0. The molecular weight excluding hydrogens is 488 g/mol. The molecule has 0 aliphatic carbocycles. The van der Waals surface area contributed by atoms with Crippen LogP contribution in [0.25, 0.3) is 22.6 Å². The summed E-state index contributed by atoms with van der Waals surface area (Å²) in [6, 6.07) is 20.6. The molecule has 10 heteroatoms. The summed E-state index contributed by atoms with van der Waals surface area (Å²) >= 11 is 0. The van der Waals surface area contributed by atoms with Gasteiger partial charge < -0.3 is 8.83 Å². The van der Waals surface area contributed by atoms with Crippen LogP contribution in [0.5, 0.6) is 0 Å². The molecular formula is C28H22N4O6. The molecule has 0 aliphatic heterocycles. The third-order valence-corrected chi connectivity index (χ3v) is 5.28. The van der Waals surface area contributed by atoms with Crippen LogP contribution in [0.15, 0.2) is 91.8 Å². The van der Waals surface area contributed by atoms with Crippen molar-refractivity contribution in [2.45, 2.75) is 13.8 Å². The highest BCUT2D eigenvalue weighted by molar-refractivity contribution is 6.35. The van der Waals surface area contributed by atoms with Gasteiger partial charge in [0.25, 0.3) is 0 Å². The topological polar surface area (TPSA) is 143 Å². The van der Waals surface area contributed by atoms with Gasteiger partial charge >= 0.3 is 11.8 Å². The van der Waals surface area contributed by atoms with Crippen LogP contribution < -0.4 is 10.9 Å². The van der Waals surface area contributed by atoms with E-state index in [0.717, 1.165) is 0 Å². The maximum Gasteiger partial charge on any atom is 0.331 e. The fraction of sp³-hybridized carbons (Fsp3) is 0.0714. The van der Waals surface area contributed by atoms with E-state index < -0.39 is 11.8 Å². The Kier molecular flexibility index (Phi) is 7.83. The number of hydrogen-bond acceptors (Lipinski definition) is 8. The molecule has 0 saturated heterocycles. The molecule has 2 amide bonds. The van der Waals surface area contributed by atoms with Crippen molar-refractivity contribution in [2.24, 2.45) is 10.2 Å². The van der Waals surface area contributed by atoms with Gasteiger partial charge in [0.2, 0.25) is 0 Å². The Bertz CT molecular complexity index is 1460. The van der Waals surface area contributed by atoms with Crippen LogP contribution >= 0.6 is 0 Å². The summed E-state index contributed by atoms with van der Waals surface area (Å²) < 4.78 is 11.3. The van der Waals surface area contributed by atoms with Gasteiger partial charge in [0.15, 0.2) is 11.6 Å². The van der Waals surface area contributed by atoms with Crippen LogP contribution in [-0.2, 0) is 9.59 Å². The Morgan fingerprint density at radius 3 is 1.45 bits per heavy atom. The molecule has 2 heterocycles. The highest BCUT2D eigenvalue weighted by Gasteiger charge is 2.12. The lowest BCUT2D eigenvalue weighted by Crippen LogP contribution is -2.35. The van der Waals surface area contributed by atoms with Crippen LogP contribution in [-0.4, -0.2) is 35.8 Å². The van der Waals surface area contributed by atoms with Gasteiger partial charge in [0, 0.05) is 22.3 Å². The molecule has 0 aliphatic rings. The summed E-state index contributed by atoms with van der Waals surface area (Å²) in [5, 5.41) is 7.42. The number of rotatable bonds is 8. The third-order valence-electron chi connectivity index (χ3n) is 5.28. The van der Waals surface area contributed by atoms with Gasteiger partial charge in [-0.25, -0.2) is 10.9 Å². The van der Waals surface area contributed by atoms with Crippen molar-refractivity contribution in [3.8, 4) is 22.6 Å². The molecule has 0 bridgehead atoms. The molecule has 2 N–H and O–H groups in total. The number of carbonyl (C=O) groups is 4. The van der Waals surface area contributed by atoms with Crippen LogP contribution in [0.4, 0.5) is 0 Å². The number of hydrazone groups is 2. The van der Waals surface area contributed by atoms with Gasteiger partial charge in [0.05, 0.1) is 12.4 Å². The first-order valence-corrected chi connectivity index (χ1v) is 11.4. The van der Waals surface area contributed by atoms with E-state index in [-0.39, 0.29) is 11.6 Å². The average molecular weight is 511 g/mol. The van der Waals surface area contributed by atoms with Crippen molar-refractivity contribution in [2.75, 3.05) is 0 Å². The maximum absolute atomic E-state index is 12.0. The van der Waals surface area contributed by atoms with Crippen molar-refractivity contribution in [3.63, 3.8) is 0 Å². The molecule has 0 unspecified atom stereocenters. The molecule has 2 aromatic heterocycles. The molecule has 0 fully saturated rings. The smallest absolute Gasteiger partial charge is 0.331 e. The first-order chi connectivity index (χ1) is 18.3. The van der Waals surface area contributed by atoms with Crippen LogP contribution in [0, 0.1) is 0 Å². The molecule has 0 saturated carbocycles. The lowest BCUT2D eigenvalue weighted by molar-refractivity contribution is -0.139. The molecule has 190 valence electrons. The number of benzene rings is 2. The minimum Gasteiger partial charge on any atom is -0.455 e. The summed E-state index contributed by atoms with van der Waals surface area (Å²) in [5.41, 5.74) is 6.71. The molecule has 4 aromatic rings. The van der Waals surface area contributed by atoms with E-state index in [4.69, 9.17) is 8.83 Å². The van der Waals surface area contributed by atoms with Crippen molar-refractivity contribution in [1.82, 2.24) is 10.9 Å². The van der Waals surface area contributed by atoms with Gasteiger partial charge in [-0.3, -0.25) is 19.2 Å². The number of amides is 2. The van der Waals surface area contributed by atoms with E-state index in [1.165, 1.54) is 26.3 Å². The van der Waals surface area contributed by atoms with Crippen molar-refractivity contribution >= 4 is 35.8 Å². The minimum atomic E-state index is -1.04. The summed E-state index contributed by atoms with van der Waals surface area (Å²) in [6.45, 7) is 2.96. The zero-order valence-electron chi connectivity index (χ0n) is 20.4. The SMILES string of the molecule is CC(=O)c1cccc(-c2ccc(/C=N/NC(=O)C(=O)N/N=C/c3ccc(-c4cccc(C(C)=O)c4)o3)o2)c1. The lowest BCUT2D eigenvalue weighted by atomic mass is 10.1. The lowest BCUT2D eigenvalue weighted by Gasteiger charge is -2.00. The summed E-state index contributed by atoms with van der Waals surface area (Å²) in [6.07, 6.45) is 2.47. The number of nitrogens with zero attached hydrogens (tertiary/aromatic N) is 2. The molecule has 2 aromatic carbocycles. The highest BCUT2D eigenvalue weighted by atomic mass is 16.3. The Labute approximate surface area is 217 Å². The van der Waals surface area contributed by atoms with Gasteiger partial charge in [-0.2, -0.15) is 10.2 Å². The van der Waals surface area contributed by atoms with E-state index >= 15 is 0 Å². The number of furan rings is 2. The second-order valence-corrected chi connectivity index (χ2v) is 8.08. The fourth-order valence-corrected chi connectivity index (χ4v) is 3.35. The van der Waals surface area contributed by atoms with E-state index in [1.54, 1.807) is 72.8 Å². The van der Waals surface area contributed by atoms with Crippen LogP contribution in [0.2, 0.25) is 0 Å². The number of ketones is 2. The number of nitrogens with one attached hydrogen (secondary N) is 2. The van der Waals surface area contributed by atoms with E-state index in [2.05, 4.69) is 21.1 Å². The zero-order valence-corrected chi connectivity index (χ0v) is 20.4. The van der Waals surface area contributed by atoms with E-state index in [9.17, 15) is 19.2 Å². The van der Waals surface area contributed by atoms with Gasteiger partial charge in [-0.1, -0.05) is 36.4 Å². The molecule has 10 nitrogen and oxygen atoms in total. The minimum absolute atomic E-state index is 0.0594. The number of Topliss-reactive ketones (excluding diaryl/α,β-unsaturated/α-hetero) is 2. The number of carbonyl (C=O) groups excluding carboxylic acids is 4. The molecule has 0 radical (unpaired) electrons. The largest absolute Gasteiger partial charge is 0.455 e. The molecule has 0 atom stereocenters. The van der Waals surface area contributed by atoms with Gasteiger partial charge in [-0.15, -0.1) is 0 Å². The third kappa shape index (κ3) is 6.43. The second kappa shape index (κ2) is 11.6. The Morgan fingerprint density at radius 1 is 0.632 bits per heavy atom. The maximum atomic E-state index is 12.0. The van der Waals surface area contributed by atoms with Crippen molar-refractivity contribution in [1.29, 1.82) is 0 Å². The monoisotopic (exact) mass is 510 g/mol. The van der Waals surface area contributed by atoms with Crippen LogP contribution in [0.3, 0.4) is 0 Å². The summed E-state index contributed by atoms with van der Waals surface area (Å²) in [5.74, 6) is -0.516. The standard InChI is InChI=1S/C28H22N4O6/c1-17(33)19-5-3-7-21(13-19)25-11-9-23(37-25)15-29-31-27(35)28(36)32-30-16-24-10-12-26(38-24)22-8-4-6-20(14-22)18(2)34/h3-16H,1-2H3,(H,31,35)(H,32,36)/b29-15+,30-16+. The second-order valence-electron chi connectivity index (χ2n) is 8.08. The number of hydrogen-bond donors (Lipinski definition) is 2. The van der Waals surface area contributed by atoms with Crippen molar-refractivity contribution < 1.29 is 28.0 Å². The zero-order chi connectivity index (χ0) is 27.1. The average Bonchev–Trinajstić information content (AvgIpc) is 3.59. The Balaban J connectivity index is 1.29. The normalized spacial score (nSPS) is 11.1. The van der Waals surface area contributed by atoms with E-state index in [0.29, 0.717) is 45.3 Å². The fourth-order valence-electron chi connectivity index (χ4n) is 3.35. The first-order valence-electron chi connectivity index (χ1n) is 11.4. The quantitative estimate of drug-likeness (QED) is 0.157. The summed E-state index contributed by atoms with van der Waals surface area (Å²) in [4.78, 5) is 47.0. The van der Waals surface area contributed by atoms with Crippen LogP contribution in [0.1, 0.15) is 46.1 Å². The van der Waals surface area contributed by atoms with Gasteiger partial charge in [0.1, 0.15) is 23.0 Å². The Hall–Kier alpha value is -5.38. The predicted molar refractivity (Wildman–Crippen MR) is 140 cm³/mol. The molecule has 38 heavy (non-hydrogen) atoms. The molecule has 4 rings (SSSR count). The molecule has 0 spiro atoms. The van der Waals surface area contributed by atoms with Crippen molar-refractivity contribution in [3.05, 3.63) is 95.4 Å². The highest BCUT2D eigenvalue weighted by Crippen LogP contribution is 2.24. The predicted octanol–water partition coefficient (Wildman–Crippen LogP) is 4.21. The van der Waals surface area contributed by atoms with E-state index in [1.807, 2.05) is 0 Å². The van der Waals surface area contributed by atoms with Gasteiger partial charge in [-0.05, 0) is 50.2 Å². The first kappa shape index (κ1) is 25.7. The Morgan fingerprint density at radius 2 is 1.05 bits per heavy atom.